The molecule has 0 bridgehead atoms. The van der Waals surface area contributed by atoms with Crippen molar-refractivity contribution in [1.82, 2.24) is 4.90 Å². The van der Waals surface area contributed by atoms with E-state index in [9.17, 15) is 32.0 Å². The number of rotatable bonds is 8. The van der Waals surface area contributed by atoms with Crippen molar-refractivity contribution in [3.8, 4) is 6.07 Å². The third kappa shape index (κ3) is 6.04. The van der Waals surface area contributed by atoms with Crippen molar-refractivity contribution in [3.05, 3.63) is 64.7 Å². The predicted octanol–water partition coefficient (Wildman–Crippen LogP) is 6.20. The molecule has 0 radical (unpaired) electrons. The molecule has 184 valence electrons. The average Bonchev–Trinajstić information content (AvgIpc) is 2.76. The summed E-state index contributed by atoms with van der Waals surface area (Å²) < 4.78 is 69.7. The first-order valence-electron chi connectivity index (χ1n) is 10.8. The van der Waals surface area contributed by atoms with Gasteiger partial charge in [0.2, 0.25) is 5.91 Å². The smallest absolute Gasteiger partial charge is 0.355 e. The fourth-order valence-corrected chi connectivity index (χ4v) is 3.81. The molecule has 9 heteroatoms. The number of amides is 1. The second kappa shape index (κ2) is 10.4. The molecule has 4 nitrogen and oxygen atoms in total. The van der Waals surface area contributed by atoms with Gasteiger partial charge < -0.3 is 9.80 Å². The average molecular weight is 482 g/mol. The lowest BCUT2D eigenvalue weighted by molar-refractivity contribution is -0.138. The molecular formula is C25H28F5N3O. The normalized spacial score (nSPS) is 13.7. The van der Waals surface area contributed by atoms with Crippen molar-refractivity contribution in [2.75, 3.05) is 19.0 Å². The molecule has 0 aliphatic rings. The molecular weight excluding hydrogens is 453 g/mol. The van der Waals surface area contributed by atoms with E-state index in [1.807, 2.05) is 6.92 Å². The van der Waals surface area contributed by atoms with Gasteiger partial charge in [0.15, 0.2) is 0 Å². The number of alkyl halides is 5. The largest absolute Gasteiger partial charge is 0.416 e. The second-order valence-corrected chi connectivity index (χ2v) is 8.58. The van der Waals surface area contributed by atoms with Crippen LogP contribution in [-0.4, -0.2) is 30.9 Å². The molecule has 0 spiro atoms. The first-order valence-corrected chi connectivity index (χ1v) is 10.8. The number of nitrogens with zero attached hydrogens (tertiary/aromatic N) is 3. The molecule has 0 heterocycles. The van der Waals surface area contributed by atoms with Gasteiger partial charge in [0.25, 0.3) is 5.92 Å². The molecule has 0 N–H and O–H groups in total. The summed E-state index contributed by atoms with van der Waals surface area (Å²) in [6, 6.07) is 9.48. The Morgan fingerprint density at radius 3 is 2.18 bits per heavy atom. The van der Waals surface area contributed by atoms with Crippen LogP contribution in [0.25, 0.3) is 0 Å². The van der Waals surface area contributed by atoms with E-state index in [4.69, 9.17) is 0 Å². The molecule has 0 saturated heterocycles. The number of likely N-dealkylation sites (N-methyl/N-ethyl adjacent to an activating group) is 1. The number of hydrogen-bond donors (Lipinski definition) is 0. The molecule has 0 aromatic heterocycles. The van der Waals surface area contributed by atoms with Gasteiger partial charge in [-0.05, 0) is 35.7 Å². The van der Waals surface area contributed by atoms with E-state index in [1.54, 1.807) is 13.0 Å². The molecule has 2 aromatic carbocycles. The standard InChI is InChI=1S/C25H28F5N3O/c1-6-16(2)22(23(34)32(4)5)33(15-18-9-7-8-10-20(18)25(28,29)30)19-12-11-17(14-31)21(13-19)24(3,26)27/h7-13,16,22H,6,15H2,1-5H3/t16-,22-/m0/s1. The van der Waals surface area contributed by atoms with E-state index in [1.165, 1.54) is 54.2 Å². The topological polar surface area (TPSA) is 47.3 Å². The maximum atomic E-state index is 14.3. The minimum absolute atomic E-state index is 0.0935. The van der Waals surface area contributed by atoms with Gasteiger partial charge in [-0.25, -0.2) is 8.78 Å². The molecule has 2 atom stereocenters. The summed E-state index contributed by atoms with van der Waals surface area (Å²) in [4.78, 5) is 16.0. The number of carbonyl (C=O) groups is 1. The zero-order valence-corrected chi connectivity index (χ0v) is 19.8. The van der Waals surface area contributed by atoms with Crippen LogP contribution in [0.1, 0.15) is 49.4 Å². The number of halogens is 5. The van der Waals surface area contributed by atoms with Gasteiger partial charge >= 0.3 is 6.18 Å². The number of nitriles is 1. The van der Waals surface area contributed by atoms with Gasteiger partial charge in [-0.15, -0.1) is 0 Å². The predicted molar refractivity (Wildman–Crippen MR) is 120 cm³/mol. The highest BCUT2D eigenvalue weighted by Gasteiger charge is 2.37. The van der Waals surface area contributed by atoms with E-state index in [2.05, 4.69) is 0 Å². The van der Waals surface area contributed by atoms with E-state index in [0.29, 0.717) is 13.3 Å². The number of carbonyl (C=O) groups excluding carboxylic acids is 1. The Kier molecular flexibility index (Phi) is 8.30. The molecule has 0 saturated carbocycles. The molecule has 2 rings (SSSR count). The lowest BCUT2D eigenvalue weighted by Gasteiger charge is -2.38. The van der Waals surface area contributed by atoms with Crippen LogP contribution in [-0.2, 0) is 23.4 Å². The zero-order chi connectivity index (χ0) is 25.8. The summed E-state index contributed by atoms with van der Waals surface area (Å²) in [6.07, 6.45) is -4.11. The minimum atomic E-state index is -4.63. The monoisotopic (exact) mass is 481 g/mol. The Hall–Kier alpha value is -3.15. The Bertz CT molecular complexity index is 1050. The van der Waals surface area contributed by atoms with Crippen LogP contribution < -0.4 is 4.90 Å². The van der Waals surface area contributed by atoms with Crippen LogP contribution in [0.2, 0.25) is 0 Å². The number of benzene rings is 2. The molecule has 0 aliphatic heterocycles. The lowest BCUT2D eigenvalue weighted by Crippen LogP contribution is -2.50. The molecule has 0 aliphatic carbocycles. The molecule has 34 heavy (non-hydrogen) atoms. The molecule has 0 fully saturated rings. The lowest BCUT2D eigenvalue weighted by atomic mass is 9.93. The van der Waals surface area contributed by atoms with E-state index >= 15 is 0 Å². The van der Waals surface area contributed by atoms with Crippen molar-refractivity contribution < 1.29 is 26.7 Å². The van der Waals surface area contributed by atoms with Crippen LogP contribution in [0, 0.1) is 17.2 Å². The van der Waals surface area contributed by atoms with Crippen LogP contribution in [0.15, 0.2) is 42.5 Å². The van der Waals surface area contributed by atoms with Crippen molar-refractivity contribution in [2.45, 2.75) is 51.9 Å². The van der Waals surface area contributed by atoms with Gasteiger partial charge in [-0.3, -0.25) is 4.79 Å². The summed E-state index contributed by atoms with van der Waals surface area (Å²) in [5.41, 5.74) is -1.63. The van der Waals surface area contributed by atoms with Gasteiger partial charge in [-0.2, -0.15) is 18.4 Å². The third-order valence-electron chi connectivity index (χ3n) is 5.80. The highest BCUT2D eigenvalue weighted by molar-refractivity contribution is 5.85. The van der Waals surface area contributed by atoms with Crippen molar-refractivity contribution in [2.24, 2.45) is 5.92 Å². The Balaban J connectivity index is 2.78. The minimum Gasteiger partial charge on any atom is -0.355 e. The van der Waals surface area contributed by atoms with Crippen molar-refractivity contribution >= 4 is 11.6 Å². The van der Waals surface area contributed by atoms with Gasteiger partial charge in [0.05, 0.1) is 17.2 Å². The third-order valence-corrected chi connectivity index (χ3v) is 5.80. The highest BCUT2D eigenvalue weighted by Crippen LogP contribution is 2.37. The Morgan fingerprint density at radius 2 is 1.68 bits per heavy atom. The quantitative estimate of drug-likeness (QED) is 0.422. The van der Waals surface area contributed by atoms with Crippen LogP contribution in [0.3, 0.4) is 0 Å². The van der Waals surface area contributed by atoms with Gasteiger partial charge in [-0.1, -0.05) is 38.5 Å². The fourth-order valence-electron chi connectivity index (χ4n) is 3.81. The summed E-state index contributed by atoms with van der Waals surface area (Å²) in [5.74, 6) is -4.05. The summed E-state index contributed by atoms with van der Waals surface area (Å²) >= 11 is 0. The van der Waals surface area contributed by atoms with Crippen molar-refractivity contribution in [3.63, 3.8) is 0 Å². The fraction of sp³-hybridized carbons (Fsp3) is 0.440. The van der Waals surface area contributed by atoms with Gasteiger partial charge in [0, 0.05) is 38.8 Å². The van der Waals surface area contributed by atoms with E-state index < -0.39 is 29.3 Å². The molecule has 2 aromatic rings. The number of hydrogen-bond acceptors (Lipinski definition) is 3. The second-order valence-electron chi connectivity index (χ2n) is 8.58. The summed E-state index contributed by atoms with van der Waals surface area (Å²) in [6.45, 7) is 3.93. The summed E-state index contributed by atoms with van der Waals surface area (Å²) in [7, 11) is 3.06. The summed E-state index contributed by atoms with van der Waals surface area (Å²) in [5, 5.41) is 9.29. The van der Waals surface area contributed by atoms with Crippen molar-refractivity contribution in [1.29, 1.82) is 5.26 Å². The van der Waals surface area contributed by atoms with E-state index in [-0.39, 0.29) is 35.2 Å². The number of anilines is 1. The zero-order valence-electron chi connectivity index (χ0n) is 19.8. The Labute approximate surface area is 196 Å². The van der Waals surface area contributed by atoms with Gasteiger partial charge in [0.1, 0.15) is 6.04 Å². The van der Waals surface area contributed by atoms with Crippen LogP contribution in [0.4, 0.5) is 27.6 Å². The van der Waals surface area contributed by atoms with Crippen LogP contribution in [0.5, 0.6) is 0 Å². The Morgan fingerprint density at radius 1 is 1.06 bits per heavy atom. The van der Waals surface area contributed by atoms with Crippen LogP contribution >= 0.6 is 0 Å². The van der Waals surface area contributed by atoms with E-state index in [0.717, 1.165) is 12.1 Å². The first-order chi connectivity index (χ1) is 15.7. The maximum Gasteiger partial charge on any atom is 0.416 e. The first kappa shape index (κ1) is 27.1. The molecule has 0 unspecified atom stereocenters. The highest BCUT2D eigenvalue weighted by atomic mass is 19.4. The SMILES string of the molecule is CC[C@H](C)[C@@H](C(=O)N(C)C)N(Cc1ccccc1C(F)(F)F)c1ccc(C#N)c(C(C)(F)F)c1. The maximum absolute atomic E-state index is 14.3. The molecule has 1 amide bonds.